The number of benzene rings is 1. The number of hydrogen-bond donors (Lipinski definition) is 1. The molecule has 1 heterocycles. The molecule has 1 N–H and O–H groups in total. The molecule has 1 fully saturated rings. The van der Waals surface area contributed by atoms with E-state index in [0.29, 0.717) is 6.54 Å². The van der Waals surface area contributed by atoms with Gasteiger partial charge in [0.2, 0.25) is 0 Å². The van der Waals surface area contributed by atoms with Gasteiger partial charge in [0.25, 0.3) is 0 Å². The number of nitrogens with zero attached hydrogens (tertiary/aromatic N) is 1. The van der Waals surface area contributed by atoms with E-state index in [4.69, 9.17) is 4.74 Å². The van der Waals surface area contributed by atoms with Crippen LogP contribution in [0.1, 0.15) is 17.5 Å². The van der Waals surface area contributed by atoms with Gasteiger partial charge in [-0.2, -0.15) is 0 Å². The lowest BCUT2D eigenvalue weighted by Gasteiger charge is -2.25. The molecule has 1 aromatic rings. The summed E-state index contributed by atoms with van der Waals surface area (Å²) in [7, 11) is 3.70. The molecule has 88 valence electrons. The molecule has 3 heteroatoms. The lowest BCUT2D eigenvalue weighted by Crippen LogP contribution is -2.29. The highest BCUT2D eigenvalue weighted by Gasteiger charge is 2.36. The second-order valence-corrected chi connectivity index (χ2v) is 4.70. The van der Waals surface area contributed by atoms with E-state index in [1.54, 1.807) is 7.11 Å². The van der Waals surface area contributed by atoms with Gasteiger partial charge in [-0.1, -0.05) is 6.07 Å². The third-order valence-corrected chi connectivity index (χ3v) is 3.37. The molecule has 1 aliphatic heterocycles. The first-order valence-corrected chi connectivity index (χ1v) is 5.61. The summed E-state index contributed by atoms with van der Waals surface area (Å²) in [4.78, 5) is 2.16. The Morgan fingerprint density at radius 3 is 2.69 bits per heavy atom. The number of aliphatic hydroxyl groups is 1. The highest BCUT2D eigenvalue weighted by molar-refractivity contribution is 5.39. The van der Waals surface area contributed by atoms with Crippen molar-refractivity contribution >= 4 is 0 Å². The topological polar surface area (TPSA) is 32.7 Å². The van der Waals surface area contributed by atoms with Crippen molar-refractivity contribution in [1.82, 2.24) is 4.90 Å². The third-order valence-electron chi connectivity index (χ3n) is 3.37. The lowest BCUT2D eigenvalue weighted by molar-refractivity contribution is 0.0482. The molecule has 0 bridgehead atoms. The maximum atomic E-state index is 10.6. The second-order valence-electron chi connectivity index (χ2n) is 4.70. The largest absolute Gasteiger partial charge is 0.497 e. The minimum Gasteiger partial charge on any atom is -0.497 e. The van der Waals surface area contributed by atoms with Crippen LogP contribution in [0.4, 0.5) is 0 Å². The molecule has 1 saturated heterocycles. The van der Waals surface area contributed by atoms with Crippen molar-refractivity contribution in [2.45, 2.75) is 18.9 Å². The molecule has 0 aliphatic carbocycles. The Kier molecular flexibility index (Phi) is 2.91. The van der Waals surface area contributed by atoms with E-state index in [0.717, 1.165) is 29.8 Å². The Bertz CT molecular complexity index is 392. The third kappa shape index (κ3) is 1.93. The number of rotatable bonds is 2. The fourth-order valence-electron chi connectivity index (χ4n) is 2.49. The summed E-state index contributed by atoms with van der Waals surface area (Å²) in [6, 6.07) is 5.87. The molecule has 1 atom stereocenters. The number of likely N-dealkylation sites (tertiary alicyclic amines) is 1. The monoisotopic (exact) mass is 221 g/mol. The van der Waals surface area contributed by atoms with E-state index in [9.17, 15) is 5.11 Å². The van der Waals surface area contributed by atoms with Gasteiger partial charge in [-0.15, -0.1) is 0 Å². The number of β-amino-alcohol motifs (C(OH)–C–C–N with tert-alkyl or cyclic N) is 1. The van der Waals surface area contributed by atoms with E-state index in [-0.39, 0.29) is 0 Å². The van der Waals surface area contributed by atoms with Crippen molar-refractivity contribution in [3.8, 4) is 5.75 Å². The first kappa shape index (κ1) is 11.4. The van der Waals surface area contributed by atoms with Gasteiger partial charge in [-0.05, 0) is 43.7 Å². The van der Waals surface area contributed by atoms with Crippen LogP contribution < -0.4 is 4.74 Å². The summed E-state index contributed by atoms with van der Waals surface area (Å²) in [5.41, 5.74) is 1.43. The molecule has 1 aromatic carbocycles. The minimum absolute atomic E-state index is 0.689. The fourth-order valence-corrected chi connectivity index (χ4v) is 2.49. The summed E-state index contributed by atoms with van der Waals surface area (Å²) in [5.74, 6) is 0.844. The van der Waals surface area contributed by atoms with Crippen molar-refractivity contribution in [3.05, 3.63) is 29.3 Å². The van der Waals surface area contributed by atoms with Crippen LogP contribution in [-0.2, 0) is 5.60 Å². The minimum atomic E-state index is -0.689. The van der Waals surface area contributed by atoms with Crippen molar-refractivity contribution in [3.63, 3.8) is 0 Å². The molecule has 3 nitrogen and oxygen atoms in total. The van der Waals surface area contributed by atoms with Gasteiger partial charge in [-0.25, -0.2) is 0 Å². The molecular weight excluding hydrogens is 202 g/mol. The zero-order valence-electron chi connectivity index (χ0n) is 10.2. The number of aryl methyl sites for hydroxylation is 1. The predicted molar refractivity (Wildman–Crippen MR) is 63.7 cm³/mol. The summed E-state index contributed by atoms with van der Waals surface area (Å²) in [6.07, 6.45) is 0.802. The van der Waals surface area contributed by atoms with Gasteiger partial charge in [0, 0.05) is 13.1 Å². The van der Waals surface area contributed by atoms with Crippen LogP contribution in [0.25, 0.3) is 0 Å². The van der Waals surface area contributed by atoms with Gasteiger partial charge < -0.3 is 14.7 Å². The molecule has 0 amide bonds. The van der Waals surface area contributed by atoms with Crippen LogP contribution in [0.15, 0.2) is 18.2 Å². The Hall–Kier alpha value is -1.06. The molecule has 0 saturated carbocycles. The van der Waals surface area contributed by atoms with E-state index < -0.39 is 5.60 Å². The van der Waals surface area contributed by atoms with Crippen molar-refractivity contribution < 1.29 is 9.84 Å². The number of methoxy groups -OCH3 is 1. The van der Waals surface area contributed by atoms with Gasteiger partial charge in [0.15, 0.2) is 0 Å². The van der Waals surface area contributed by atoms with Crippen molar-refractivity contribution in [2.24, 2.45) is 0 Å². The molecule has 1 aliphatic rings. The standard InChI is InChI=1S/C13H19NO2/c1-10-8-11(16-3)4-5-12(10)13(15)6-7-14(2)9-13/h4-5,8,15H,6-7,9H2,1-3H3. The van der Waals surface area contributed by atoms with Crippen LogP contribution >= 0.6 is 0 Å². The SMILES string of the molecule is COc1ccc(C2(O)CCN(C)C2)c(C)c1. The summed E-state index contributed by atoms with van der Waals surface area (Å²) < 4.78 is 5.17. The second kappa shape index (κ2) is 4.07. The van der Waals surface area contributed by atoms with E-state index in [1.165, 1.54) is 0 Å². The zero-order chi connectivity index (χ0) is 11.8. The van der Waals surface area contributed by atoms with Gasteiger partial charge in [-0.3, -0.25) is 0 Å². The molecule has 0 radical (unpaired) electrons. The summed E-state index contributed by atoms with van der Waals surface area (Å²) >= 11 is 0. The highest BCUT2D eigenvalue weighted by atomic mass is 16.5. The van der Waals surface area contributed by atoms with E-state index >= 15 is 0 Å². The van der Waals surface area contributed by atoms with E-state index in [2.05, 4.69) is 4.90 Å². The van der Waals surface area contributed by atoms with Gasteiger partial charge in [0.1, 0.15) is 11.4 Å². The smallest absolute Gasteiger partial charge is 0.119 e. The molecule has 0 aromatic heterocycles. The van der Waals surface area contributed by atoms with Crippen LogP contribution in [0.3, 0.4) is 0 Å². The summed E-state index contributed by atoms with van der Waals surface area (Å²) in [6.45, 7) is 3.68. The van der Waals surface area contributed by atoms with Gasteiger partial charge in [0.05, 0.1) is 7.11 Å². The van der Waals surface area contributed by atoms with Crippen LogP contribution in [0, 0.1) is 6.92 Å². The number of ether oxygens (including phenoxy) is 1. The molecule has 16 heavy (non-hydrogen) atoms. The van der Waals surface area contributed by atoms with Crippen LogP contribution in [0.5, 0.6) is 5.75 Å². The highest BCUT2D eigenvalue weighted by Crippen LogP contribution is 2.34. The Morgan fingerprint density at radius 1 is 1.44 bits per heavy atom. The normalized spacial score (nSPS) is 26.0. The lowest BCUT2D eigenvalue weighted by atomic mass is 9.89. The quantitative estimate of drug-likeness (QED) is 0.822. The average molecular weight is 221 g/mol. The van der Waals surface area contributed by atoms with Crippen molar-refractivity contribution in [2.75, 3.05) is 27.2 Å². The van der Waals surface area contributed by atoms with E-state index in [1.807, 2.05) is 32.2 Å². The average Bonchev–Trinajstić information content (AvgIpc) is 2.59. The molecule has 0 spiro atoms. The van der Waals surface area contributed by atoms with Crippen LogP contribution in [0.2, 0.25) is 0 Å². The maximum Gasteiger partial charge on any atom is 0.119 e. The summed E-state index contributed by atoms with van der Waals surface area (Å²) in [5, 5.41) is 10.6. The Morgan fingerprint density at radius 2 is 2.19 bits per heavy atom. The van der Waals surface area contributed by atoms with Crippen LogP contribution in [-0.4, -0.2) is 37.3 Å². The number of hydrogen-bond acceptors (Lipinski definition) is 3. The van der Waals surface area contributed by atoms with Crippen molar-refractivity contribution in [1.29, 1.82) is 0 Å². The number of likely N-dealkylation sites (N-methyl/N-ethyl adjacent to an activating group) is 1. The molecular formula is C13H19NO2. The predicted octanol–water partition coefficient (Wildman–Crippen LogP) is 1.53. The molecule has 1 unspecified atom stereocenters. The first-order valence-electron chi connectivity index (χ1n) is 5.61. The zero-order valence-corrected chi connectivity index (χ0v) is 10.2. The first-order chi connectivity index (χ1) is 7.55. The fraction of sp³-hybridized carbons (Fsp3) is 0.538. The van der Waals surface area contributed by atoms with Gasteiger partial charge >= 0.3 is 0 Å². The molecule has 2 rings (SSSR count). The Labute approximate surface area is 96.6 Å². The maximum absolute atomic E-state index is 10.6. The Balaban J connectivity index is 2.33.